The van der Waals surface area contributed by atoms with Crippen molar-refractivity contribution in [2.75, 3.05) is 25.4 Å². The Bertz CT molecular complexity index is 622. The highest BCUT2D eigenvalue weighted by molar-refractivity contribution is 7.89. The van der Waals surface area contributed by atoms with E-state index in [4.69, 9.17) is 5.73 Å². The molecule has 1 aliphatic heterocycles. The second-order valence-electron chi connectivity index (χ2n) is 5.26. The number of nitrogen functional groups attached to an aromatic ring is 1. The first-order valence-corrected chi connectivity index (χ1v) is 8.52. The molecule has 1 heterocycles. The van der Waals surface area contributed by atoms with Gasteiger partial charge in [-0.2, -0.15) is 0 Å². The van der Waals surface area contributed by atoms with Crippen LogP contribution >= 0.6 is 0 Å². The predicted molar refractivity (Wildman–Crippen MR) is 81.2 cm³/mol. The van der Waals surface area contributed by atoms with Crippen LogP contribution < -0.4 is 10.5 Å². The van der Waals surface area contributed by atoms with E-state index in [9.17, 15) is 13.2 Å². The van der Waals surface area contributed by atoms with Crippen LogP contribution in [-0.4, -0.2) is 38.9 Å². The Morgan fingerprint density at radius 1 is 1.33 bits per heavy atom. The third-order valence-corrected chi connectivity index (χ3v) is 5.19. The van der Waals surface area contributed by atoms with Crippen LogP contribution in [0, 0.1) is 6.92 Å². The largest absolute Gasteiger partial charge is 0.399 e. The summed E-state index contributed by atoms with van der Waals surface area (Å²) in [6.45, 7) is 3.37. The summed E-state index contributed by atoms with van der Waals surface area (Å²) >= 11 is 0. The maximum absolute atomic E-state index is 12.2. The molecule has 0 atom stereocenters. The van der Waals surface area contributed by atoms with E-state index < -0.39 is 10.0 Å². The third kappa shape index (κ3) is 3.95. The zero-order valence-electron chi connectivity index (χ0n) is 12.1. The quantitative estimate of drug-likeness (QED) is 0.789. The Morgan fingerprint density at radius 2 is 2.00 bits per heavy atom. The summed E-state index contributed by atoms with van der Waals surface area (Å²) in [5.41, 5.74) is 6.66. The van der Waals surface area contributed by atoms with Crippen LogP contribution in [0.3, 0.4) is 0 Å². The zero-order chi connectivity index (χ0) is 15.5. The first-order valence-electron chi connectivity index (χ1n) is 7.04. The van der Waals surface area contributed by atoms with E-state index >= 15 is 0 Å². The van der Waals surface area contributed by atoms with Gasteiger partial charge in [-0.05, 0) is 37.5 Å². The van der Waals surface area contributed by atoms with E-state index in [1.54, 1.807) is 24.0 Å². The molecule has 1 aromatic carbocycles. The molecule has 7 heteroatoms. The fourth-order valence-corrected chi connectivity index (χ4v) is 3.71. The zero-order valence-corrected chi connectivity index (χ0v) is 12.9. The molecule has 1 fully saturated rings. The number of nitrogens with one attached hydrogen (secondary N) is 1. The summed E-state index contributed by atoms with van der Waals surface area (Å²) < 4.78 is 26.9. The first kappa shape index (κ1) is 15.8. The Labute approximate surface area is 125 Å². The minimum Gasteiger partial charge on any atom is -0.399 e. The molecular formula is C14H21N3O3S. The van der Waals surface area contributed by atoms with Crippen LogP contribution in [-0.2, 0) is 14.8 Å². The molecule has 21 heavy (non-hydrogen) atoms. The van der Waals surface area contributed by atoms with Crippen molar-refractivity contribution >= 4 is 21.6 Å². The monoisotopic (exact) mass is 311 g/mol. The molecular weight excluding hydrogens is 290 g/mol. The van der Waals surface area contributed by atoms with Gasteiger partial charge in [-0.15, -0.1) is 0 Å². The highest BCUT2D eigenvalue weighted by Gasteiger charge is 2.20. The van der Waals surface area contributed by atoms with Crippen molar-refractivity contribution in [3.8, 4) is 0 Å². The van der Waals surface area contributed by atoms with Gasteiger partial charge in [-0.25, -0.2) is 13.1 Å². The van der Waals surface area contributed by atoms with Crippen LogP contribution in [0.1, 0.15) is 24.8 Å². The fraction of sp³-hybridized carbons (Fsp3) is 0.500. The Morgan fingerprint density at radius 3 is 2.67 bits per heavy atom. The van der Waals surface area contributed by atoms with Gasteiger partial charge in [0.2, 0.25) is 15.9 Å². The number of amides is 1. The van der Waals surface area contributed by atoms with Crippen molar-refractivity contribution in [2.45, 2.75) is 31.1 Å². The number of benzene rings is 1. The summed E-state index contributed by atoms with van der Waals surface area (Å²) in [7, 11) is -3.63. The molecule has 0 radical (unpaired) electrons. The van der Waals surface area contributed by atoms with Gasteiger partial charge < -0.3 is 10.6 Å². The van der Waals surface area contributed by atoms with E-state index in [0.717, 1.165) is 25.9 Å². The predicted octanol–water partition coefficient (Wildman–Crippen LogP) is 0.868. The van der Waals surface area contributed by atoms with Gasteiger partial charge in [-0.1, -0.05) is 6.07 Å². The van der Waals surface area contributed by atoms with Crippen LogP contribution in [0.5, 0.6) is 0 Å². The van der Waals surface area contributed by atoms with Crippen LogP contribution in [0.2, 0.25) is 0 Å². The number of nitrogens with two attached hydrogens (primary N) is 1. The maximum atomic E-state index is 12.2. The van der Waals surface area contributed by atoms with E-state index in [-0.39, 0.29) is 23.8 Å². The van der Waals surface area contributed by atoms with Crippen molar-refractivity contribution in [3.05, 3.63) is 23.8 Å². The molecule has 0 bridgehead atoms. The van der Waals surface area contributed by atoms with Gasteiger partial charge in [0.05, 0.1) is 4.90 Å². The lowest BCUT2D eigenvalue weighted by molar-refractivity contribution is -0.129. The van der Waals surface area contributed by atoms with Gasteiger partial charge in [0.15, 0.2) is 0 Å². The van der Waals surface area contributed by atoms with Gasteiger partial charge in [0.1, 0.15) is 0 Å². The molecule has 1 aromatic rings. The lowest BCUT2D eigenvalue weighted by Crippen LogP contribution is -2.32. The second-order valence-corrected chi connectivity index (χ2v) is 7.00. The number of sulfonamides is 1. The number of likely N-dealkylation sites (tertiary alicyclic amines) is 1. The van der Waals surface area contributed by atoms with E-state index in [1.807, 2.05) is 0 Å². The summed E-state index contributed by atoms with van der Waals surface area (Å²) in [4.78, 5) is 13.8. The molecule has 116 valence electrons. The number of aryl methyl sites for hydroxylation is 1. The van der Waals surface area contributed by atoms with Gasteiger partial charge in [0.25, 0.3) is 0 Å². The van der Waals surface area contributed by atoms with Crippen LogP contribution in [0.25, 0.3) is 0 Å². The summed E-state index contributed by atoms with van der Waals surface area (Å²) in [6.07, 6.45) is 2.24. The highest BCUT2D eigenvalue weighted by Crippen LogP contribution is 2.18. The van der Waals surface area contributed by atoms with E-state index in [1.165, 1.54) is 6.07 Å². The molecule has 2 rings (SSSR count). The second kappa shape index (κ2) is 6.44. The molecule has 6 nitrogen and oxygen atoms in total. The summed E-state index contributed by atoms with van der Waals surface area (Å²) in [6, 6.07) is 4.75. The van der Waals surface area contributed by atoms with Crippen LogP contribution in [0.4, 0.5) is 5.69 Å². The molecule has 3 N–H and O–H groups in total. The summed E-state index contributed by atoms with van der Waals surface area (Å²) in [5, 5.41) is 0. The van der Waals surface area contributed by atoms with Crippen molar-refractivity contribution < 1.29 is 13.2 Å². The van der Waals surface area contributed by atoms with Crippen molar-refractivity contribution in [1.82, 2.24) is 9.62 Å². The molecule has 1 saturated heterocycles. The molecule has 0 unspecified atom stereocenters. The number of carbonyl (C=O) groups is 1. The topological polar surface area (TPSA) is 92.5 Å². The standard InChI is InChI=1S/C14H21N3O3S/c1-11-4-5-12(15)10-13(11)21(19,20)16-7-6-14(18)17-8-2-3-9-17/h4-5,10,16H,2-3,6-9,15H2,1H3. The third-order valence-electron chi connectivity index (χ3n) is 3.59. The number of hydrogen-bond donors (Lipinski definition) is 2. The highest BCUT2D eigenvalue weighted by atomic mass is 32.2. The first-order chi connectivity index (χ1) is 9.90. The maximum Gasteiger partial charge on any atom is 0.240 e. The normalized spacial score (nSPS) is 15.4. The minimum absolute atomic E-state index is 0.000465. The molecule has 0 saturated carbocycles. The van der Waals surface area contributed by atoms with Gasteiger partial charge in [0, 0.05) is 31.7 Å². The average molecular weight is 311 g/mol. The lowest BCUT2D eigenvalue weighted by Gasteiger charge is -2.15. The number of nitrogens with zero attached hydrogens (tertiary/aromatic N) is 1. The van der Waals surface area contributed by atoms with Crippen molar-refractivity contribution in [2.24, 2.45) is 0 Å². The molecule has 0 aliphatic carbocycles. The Hall–Kier alpha value is -1.60. The van der Waals surface area contributed by atoms with Crippen molar-refractivity contribution in [1.29, 1.82) is 0 Å². The Kier molecular flexibility index (Phi) is 4.84. The molecule has 1 amide bonds. The van der Waals surface area contributed by atoms with Crippen LogP contribution in [0.15, 0.2) is 23.1 Å². The SMILES string of the molecule is Cc1ccc(N)cc1S(=O)(=O)NCCC(=O)N1CCCC1. The smallest absolute Gasteiger partial charge is 0.240 e. The average Bonchev–Trinajstić information content (AvgIpc) is 2.95. The Balaban J connectivity index is 1.95. The number of carbonyl (C=O) groups excluding carboxylic acids is 1. The molecule has 0 aromatic heterocycles. The minimum atomic E-state index is -3.63. The van der Waals surface area contributed by atoms with Gasteiger partial charge >= 0.3 is 0 Å². The van der Waals surface area contributed by atoms with E-state index in [2.05, 4.69) is 4.72 Å². The van der Waals surface area contributed by atoms with Crippen molar-refractivity contribution in [3.63, 3.8) is 0 Å². The molecule has 1 aliphatic rings. The van der Waals surface area contributed by atoms with Gasteiger partial charge in [-0.3, -0.25) is 4.79 Å². The summed E-state index contributed by atoms with van der Waals surface area (Å²) in [5.74, 6) is -0.000465. The lowest BCUT2D eigenvalue weighted by atomic mass is 10.2. The number of rotatable bonds is 5. The van der Waals surface area contributed by atoms with E-state index in [0.29, 0.717) is 11.3 Å². The number of anilines is 1. The molecule has 0 spiro atoms. The fourth-order valence-electron chi connectivity index (χ4n) is 2.40. The number of hydrogen-bond acceptors (Lipinski definition) is 4.